The van der Waals surface area contributed by atoms with E-state index in [0.29, 0.717) is 23.9 Å². The Hall–Kier alpha value is -1.59. The van der Waals surface area contributed by atoms with E-state index in [2.05, 4.69) is 15.1 Å². The monoisotopic (exact) mass is 296 g/mol. The number of pyridine rings is 1. The van der Waals surface area contributed by atoms with Crippen molar-refractivity contribution in [3.8, 4) is 0 Å². The summed E-state index contributed by atoms with van der Waals surface area (Å²) >= 11 is 11.7. The highest BCUT2D eigenvalue weighted by molar-refractivity contribution is 6.31. The van der Waals surface area contributed by atoms with Crippen LogP contribution in [0.15, 0.2) is 29.0 Å². The van der Waals surface area contributed by atoms with Crippen LogP contribution in [0.3, 0.4) is 0 Å². The van der Waals surface area contributed by atoms with E-state index >= 15 is 0 Å². The maximum absolute atomic E-state index is 5.93. The van der Waals surface area contributed by atoms with Gasteiger partial charge in [0.15, 0.2) is 11.4 Å². The standard InChI is InChI=1S/C12H10Cl2N4O/c13-3-1-11-17-10-5-8(14)6-15-12(10)18(11)7-9-2-4-16-19-9/h2,4-6H,1,3,7H2. The summed E-state index contributed by atoms with van der Waals surface area (Å²) in [6, 6.07) is 3.60. The molecule has 0 unspecified atom stereocenters. The third-order valence-corrected chi connectivity index (χ3v) is 3.15. The molecule has 3 rings (SSSR count). The molecule has 0 saturated heterocycles. The van der Waals surface area contributed by atoms with Gasteiger partial charge in [-0.3, -0.25) is 0 Å². The van der Waals surface area contributed by atoms with Gasteiger partial charge < -0.3 is 9.09 Å². The van der Waals surface area contributed by atoms with Gasteiger partial charge in [0.05, 0.1) is 17.8 Å². The van der Waals surface area contributed by atoms with Crippen LogP contribution in [-0.2, 0) is 13.0 Å². The molecule has 98 valence electrons. The number of hydrogen-bond acceptors (Lipinski definition) is 4. The average Bonchev–Trinajstić information content (AvgIpc) is 2.99. The van der Waals surface area contributed by atoms with E-state index in [0.717, 1.165) is 22.7 Å². The molecule has 0 aliphatic carbocycles. The molecule has 0 fully saturated rings. The molecule has 0 bridgehead atoms. The van der Waals surface area contributed by atoms with E-state index in [1.165, 1.54) is 0 Å². The Balaban J connectivity index is 2.10. The number of rotatable bonds is 4. The van der Waals surface area contributed by atoms with Crippen molar-refractivity contribution in [2.45, 2.75) is 13.0 Å². The van der Waals surface area contributed by atoms with Crippen LogP contribution in [-0.4, -0.2) is 25.6 Å². The third-order valence-electron chi connectivity index (χ3n) is 2.75. The predicted molar refractivity (Wildman–Crippen MR) is 72.6 cm³/mol. The zero-order chi connectivity index (χ0) is 13.2. The van der Waals surface area contributed by atoms with Crippen molar-refractivity contribution in [2.24, 2.45) is 0 Å². The largest absolute Gasteiger partial charge is 0.359 e. The second-order valence-corrected chi connectivity index (χ2v) is 4.84. The van der Waals surface area contributed by atoms with Crippen molar-refractivity contribution < 1.29 is 4.52 Å². The second-order valence-electron chi connectivity index (χ2n) is 4.03. The fourth-order valence-electron chi connectivity index (χ4n) is 1.95. The molecule has 0 atom stereocenters. The highest BCUT2D eigenvalue weighted by atomic mass is 35.5. The zero-order valence-corrected chi connectivity index (χ0v) is 11.4. The molecule has 0 saturated carbocycles. The molecular formula is C12H10Cl2N4O. The van der Waals surface area contributed by atoms with Gasteiger partial charge in [-0.05, 0) is 6.07 Å². The lowest BCUT2D eigenvalue weighted by Crippen LogP contribution is -2.06. The summed E-state index contributed by atoms with van der Waals surface area (Å²) < 4.78 is 7.09. The first-order valence-electron chi connectivity index (χ1n) is 5.74. The molecule has 3 aromatic heterocycles. The molecule has 3 aromatic rings. The predicted octanol–water partition coefficient (Wildman–Crippen LogP) is 2.90. The first kappa shape index (κ1) is 12.4. The highest BCUT2D eigenvalue weighted by Gasteiger charge is 2.13. The van der Waals surface area contributed by atoms with Gasteiger partial charge in [0.1, 0.15) is 11.3 Å². The molecule has 0 radical (unpaired) electrons. The number of alkyl halides is 1. The third kappa shape index (κ3) is 2.43. The topological polar surface area (TPSA) is 56.7 Å². The lowest BCUT2D eigenvalue weighted by Gasteiger charge is -2.04. The molecule has 0 aliphatic heterocycles. The van der Waals surface area contributed by atoms with E-state index in [1.807, 2.05) is 10.6 Å². The van der Waals surface area contributed by atoms with Crippen molar-refractivity contribution in [1.29, 1.82) is 0 Å². The summed E-state index contributed by atoms with van der Waals surface area (Å²) in [5.41, 5.74) is 1.52. The summed E-state index contributed by atoms with van der Waals surface area (Å²) in [5, 5.41) is 4.26. The van der Waals surface area contributed by atoms with E-state index in [1.54, 1.807) is 18.5 Å². The Morgan fingerprint density at radius 3 is 3.00 bits per heavy atom. The highest BCUT2D eigenvalue weighted by Crippen LogP contribution is 2.20. The SMILES string of the molecule is ClCCc1nc2cc(Cl)cnc2n1Cc1ccno1. The van der Waals surface area contributed by atoms with Gasteiger partial charge in [0, 0.05) is 24.6 Å². The summed E-state index contributed by atoms with van der Waals surface area (Å²) in [4.78, 5) is 8.84. The minimum absolute atomic E-state index is 0.494. The van der Waals surface area contributed by atoms with Gasteiger partial charge in [-0.15, -0.1) is 11.6 Å². The smallest absolute Gasteiger partial charge is 0.160 e. The molecule has 3 heterocycles. The molecule has 0 aromatic carbocycles. The minimum atomic E-state index is 0.494. The normalized spacial score (nSPS) is 11.3. The lowest BCUT2D eigenvalue weighted by atomic mass is 10.4. The number of aromatic nitrogens is 4. The van der Waals surface area contributed by atoms with Gasteiger partial charge in [-0.1, -0.05) is 16.8 Å². The fourth-order valence-corrected chi connectivity index (χ4v) is 2.28. The quantitative estimate of drug-likeness (QED) is 0.695. The Bertz CT molecular complexity index is 693. The fraction of sp³-hybridized carbons (Fsp3) is 0.250. The van der Waals surface area contributed by atoms with Crippen LogP contribution in [0.5, 0.6) is 0 Å². The van der Waals surface area contributed by atoms with Gasteiger partial charge in [0.2, 0.25) is 0 Å². The van der Waals surface area contributed by atoms with Crippen molar-refractivity contribution in [3.63, 3.8) is 0 Å². The zero-order valence-electron chi connectivity index (χ0n) is 9.88. The second kappa shape index (κ2) is 5.19. The van der Waals surface area contributed by atoms with Crippen LogP contribution in [0.4, 0.5) is 0 Å². The number of halogens is 2. The summed E-state index contributed by atoms with van der Waals surface area (Å²) in [5.74, 6) is 2.09. The van der Waals surface area contributed by atoms with E-state index in [9.17, 15) is 0 Å². The number of fused-ring (bicyclic) bond motifs is 1. The molecule has 19 heavy (non-hydrogen) atoms. The molecule has 0 N–H and O–H groups in total. The van der Waals surface area contributed by atoms with Crippen LogP contribution in [0.1, 0.15) is 11.6 Å². The van der Waals surface area contributed by atoms with Gasteiger partial charge in [-0.2, -0.15) is 0 Å². The number of imidazole rings is 1. The van der Waals surface area contributed by atoms with Crippen LogP contribution in [0.25, 0.3) is 11.2 Å². The first-order chi connectivity index (χ1) is 9.28. The van der Waals surface area contributed by atoms with E-state index < -0.39 is 0 Å². The Labute approximate surface area is 119 Å². The molecule has 0 aliphatic rings. The Kier molecular flexibility index (Phi) is 3.40. The maximum atomic E-state index is 5.93. The van der Waals surface area contributed by atoms with Crippen molar-refractivity contribution in [1.82, 2.24) is 19.7 Å². The number of nitrogens with zero attached hydrogens (tertiary/aromatic N) is 4. The van der Waals surface area contributed by atoms with Crippen molar-refractivity contribution in [3.05, 3.63) is 41.1 Å². The van der Waals surface area contributed by atoms with E-state index in [4.69, 9.17) is 27.7 Å². The molecular weight excluding hydrogens is 287 g/mol. The van der Waals surface area contributed by atoms with Gasteiger partial charge in [0.25, 0.3) is 0 Å². The van der Waals surface area contributed by atoms with Crippen molar-refractivity contribution in [2.75, 3.05) is 5.88 Å². The number of aryl methyl sites for hydroxylation is 1. The summed E-state index contributed by atoms with van der Waals surface area (Å²) in [6.45, 7) is 0.525. The molecule has 5 nitrogen and oxygen atoms in total. The lowest BCUT2D eigenvalue weighted by molar-refractivity contribution is 0.376. The van der Waals surface area contributed by atoms with Gasteiger partial charge >= 0.3 is 0 Å². The summed E-state index contributed by atoms with van der Waals surface area (Å²) in [7, 11) is 0. The summed E-state index contributed by atoms with van der Waals surface area (Å²) in [6.07, 6.45) is 3.87. The average molecular weight is 297 g/mol. The Morgan fingerprint density at radius 1 is 1.37 bits per heavy atom. The van der Waals surface area contributed by atoms with Crippen LogP contribution in [0.2, 0.25) is 5.02 Å². The van der Waals surface area contributed by atoms with E-state index in [-0.39, 0.29) is 0 Å². The number of hydrogen-bond donors (Lipinski definition) is 0. The van der Waals surface area contributed by atoms with Gasteiger partial charge in [-0.25, -0.2) is 9.97 Å². The maximum Gasteiger partial charge on any atom is 0.160 e. The van der Waals surface area contributed by atoms with Crippen LogP contribution >= 0.6 is 23.2 Å². The van der Waals surface area contributed by atoms with Crippen LogP contribution < -0.4 is 0 Å². The first-order valence-corrected chi connectivity index (χ1v) is 6.65. The molecule has 0 amide bonds. The molecule has 0 spiro atoms. The Morgan fingerprint density at radius 2 is 2.26 bits per heavy atom. The van der Waals surface area contributed by atoms with Crippen molar-refractivity contribution >= 4 is 34.4 Å². The minimum Gasteiger partial charge on any atom is -0.359 e. The molecule has 7 heteroatoms. The van der Waals surface area contributed by atoms with Crippen LogP contribution in [0, 0.1) is 0 Å².